The molecule has 1 aliphatic rings. The van der Waals surface area contributed by atoms with Crippen LogP contribution in [0.3, 0.4) is 0 Å². The Labute approximate surface area is 143 Å². The molecule has 0 aliphatic carbocycles. The number of aliphatic imine (C=N–C) groups is 1. The van der Waals surface area contributed by atoms with Gasteiger partial charge in [0.05, 0.1) is 5.92 Å². The number of hydrogen-bond donors (Lipinski definition) is 1. The monoisotopic (exact) mass is 323 g/mol. The van der Waals surface area contributed by atoms with Crippen LogP contribution in [-0.4, -0.2) is 49.7 Å². The van der Waals surface area contributed by atoms with Crippen LogP contribution in [0.5, 0.6) is 0 Å². The predicted molar refractivity (Wildman–Crippen MR) is 99.8 cm³/mol. The average molecular weight is 323 g/mol. The summed E-state index contributed by atoms with van der Waals surface area (Å²) >= 11 is 0. The minimum atomic E-state index is -0.296. The van der Waals surface area contributed by atoms with Gasteiger partial charge in [-0.2, -0.15) is 0 Å². The van der Waals surface area contributed by atoms with E-state index in [2.05, 4.69) is 45.5 Å². The highest BCUT2D eigenvalue weighted by molar-refractivity contribution is 6.06. The topological polar surface area (TPSA) is 44.7 Å². The van der Waals surface area contributed by atoms with E-state index < -0.39 is 0 Å². The molecule has 2 aromatic carbocycles. The molecule has 4 nitrogen and oxygen atoms in total. The number of nitrogens with zero attached hydrogens (tertiary/aromatic N) is 2. The molecule has 2 unspecified atom stereocenters. The van der Waals surface area contributed by atoms with Crippen LogP contribution in [0.4, 0.5) is 0 Å². The summed E-state index contributed by atoms with van der Waals surface area (Å²) in [6.45, 7) is 3.69. The lowest BCUT2D eigenvalue weighted by atomic mass is 9.80. The van der Waals surface area contributed by atoms with Gasteiger partial charge in [-0.05, 0) is 50.3 Å². The molecule has 0 saturated heterocycles. The Morgan fingerprint density at radius 3 is 2.67 bits per heavy atom. The number of fused-ring (bicyclic) bond motifs is 1. The van der Waals surface area contributed by atoms with Crippen LogP contribution in [0.15, 0.2) is 47.5 Å². The number of hydrogen-bond acceptors (Lipinski definition) is 3. The summed E-state index contributed by atoms with van der Waals surface area (Å²) in [4.78, 5) is 19.1. The van der Waals surface area contributed by atoms with Crippen molar-refractivity contribution in [3.8, 4) is 0 Å². The van der Waals surface area contributed by atoms with E-state index in [-0.39, 0.29) is 17.9 Å². The van der Waals surface area contributed by atoms with Gasteiger partial charge in [-0.1, -0.05) is 42.5 Å². The molecule has 0 fully saturated rings. The molecule has 0 saturated carbocycles. The van der Waals surface area contributed by atoms with Crippen LogP contribution < -0.4 is 5.32 Å². The normalized spacial score (nSPS) is 19.9. The van der Waals surface area contributed by atoms with Crippen molar-refractivity contribution in [1.29, 1.82) is 0 Å². The molecule has 0 spiro atoms. The highest BCUT2D eigenvalue weighted by Crippen LogP contribution is 2.36. The van der Waals surface area contributed by atoms with E-state index in [1.54, 1.807) is 0 Å². The zero-order valence-corrected chi connectivity index (χ0v) is 14.6. The van der Waals surface area contributed by atoms with Crippen LogP contribution in [-0.2, 0) is 4.79 Å². The van der Waals surface area contributed by atoms with E-state index in [0.717, 1.165) is 18.7 Å². The van der Waals surface area contributed by atoms with Gasteiger partial charge >= 0.3 is 0 Å². The maximum atomic E-state index is 12.5. The third-order valence-electron chi connectivity index (χ3n) is 4.62. The van der Waals surface area contributed by atoms with E-state index in [9.17, 15) is 4.79 Å². The third-order valence-corrected chi connectivity index (χ3v) is 4.62. The Morgan fingerprint density at radius 2 is 1.92 bits per heavy atom. The number of benzene rings is 2. The van der Waals surface area contributed by atoms with Crippen molar-refractivity contribution < 1.29 is 4.79 Å². The lowest BCUT2D eigenvalue weighted by Crippen LogP contribution is -2.46. The Bertz CT molecular complexity index is 761. The van der Waals surface area contributed by atoms with Crippen LogP contribution in [0.1, 0.15) is 24.8 Å². The number of carbonyl (C=O) groups excluding carboxylic acids is 1. The minimum absolute atomic E-state index is 0.0392. The van der Waals surface area contributed by atoms with E-state index in [1.165, 1.54) is 16.3 Å². The fourth-order valence-corrected chi connectivity index (χ4v) is 3.36. The molecule has 2 atom stereocenters. The van der Waals surface area contributed by atoms with E-state index in [0.29, 0.717) is 6.54 Å². The lowest BCUT2D eigenvalue weighted by molar-refractivity contribution is -0.122. The highest BCUT2D eigenvalue weighted by atomic mass is 16.2. The first kappa shape index (κ1) is 16.7. The molecule has 126 valence electrons. The zero-order chi connectivity index (χ0) is 17.1. The van der Waals surface area contributed by atoms with Gasteiger partial charge in [0.25, 0.3) is 0 Å². The third kappa shape index (κ3) is 3.34. The van der Waals surface area contributed by atoms with Crippen LogP contribution in [0, 0.1) is 0 Å². The molecule has 24 heavy (non-hydrogen) atoms. The van der Waals surface area contributed by atoms with Crippen molar-refractivity contribution >= 4 is 22.4 Å². The second-order valence-corrected chi connectivity index (χ2v) is 6.71. The van der Waals surface area contributed by atoms with Crippen molar-refractivity contribution in [3.05, 3.63) is 48.0 Å². The Morgan fingerprint density at radius 1 is 1.17 bits per heavy atom. The van der Waals surface area contributed by atoms with Gasteiger partial charge in [-0.3, -0.25) is 9.79 Å². The second kappa shape index (κ2) is 7.14. The largest absolute Gasteiger partial charge is 0.354 e. The quantitative estimate of drug-likeness (QED) is 0.831. The average Bonchev–Trinajstić information content (AvgIpc) is 2.56. The van der Waals surface area contributed by atoms with Gasteiger partial charge in [-0.25, -0.2) is 0 Å². The number of carbonyl (C=O) groups is 1. The van der Waals surface area contributed by atoms with Crippen molar-refractivity contribution in [3.63, 3.8) is 0 Å². The fraction of sp³-hybridized carbons (Fsp3) is 0.400. The van der Waals surface area contributed by atoms with Crippen molar-refractivity contribution in [2.75, 3.05) is 27.2 Å². The molecule has 0 radical (unpaired) electrons. The summed E-state index contributed by atoms with van der Waals surface area (Å²) in [6.07, 6.45) is 0.951. The van der Waals surface area contributed by atoms with Gasteiger partial charge in [0.1, 0.15) is 6.04 Å². The molecule has 1 N–H and O–H groups in total. The Balaban J connectivity index is 1.74. The van der Waals surface area contributed by atoms with Gasteiger partial charge in [-0.15, -0.1) is 0 Å². The lowest BCUT2D eigenvalue weighted by Gasteiger charge is -2.33. The van der Waals surface area contributed by atoms with Crippen molar-refractivity contribution in [1.82, 2.24) is 10.2 Å². The zero-order valence-electron chi connectivity index (χ0n) is 14.6. The number of amides is 1. The van der Waals surface area contributed by atoms with Gasteiger partial charge in [0.15, 0.2) is 0 Å². The first-order valence-electron chi connectivity index (χ1n) is 8.52. The van der Waals surface area contributed by atoms with E-state index >= 15 is 0 Å². The van der Waals surface area contributed by atoms with Crippen LogP contribution in [0.25, 0.3) is 10.8 Å². The molecular weight excluding hydrogens is 298 g/mol. The summed E-state index contributed by atoms with van der Waals surface area (Å²) in [6, 6.07) is 14.3. The maximum absolute atomic E-state index is 12.5. The summed E-state index contributed by atoms with van der Waals surface area (Å²) in [5.74, 6) is 0.127. The molecule has 0 bridgehead atoms. The number of rotatable bonds is 6. The fourth-order valence-electron chi connectivity index (χ4n) is 3.36. The highest BCUT2D eigenvalue weighted by Gasteiger charge is 2.39. The first-order valence-corrected chi connectivity index (χ1v) is 8.52. The Hall–Kier alpha value is -2.20. The Kier molecular flexibility index (Phi) is 4.95. The number of nitrogens with one attached hydrogen (secondary N) is 1. The minimum Gasteiger partial charge on any atom is -0.354 e. The van der Waals surface area contributed by atoms with Gasteiger partial charge < -0.3 is 10.2 Å². The standard InChI is InChI=1S/C20H25N3O/c1-14-18(17-11-6-9-15-8-4-5-10-16(15)17)19(22-14)20(24)21-12-7-13-23(2)3/h4-6,8-11,18-19H,7,12-13H2,1-3H3,(H,21,24). The summed E-state index contributed by atoms with van der Waals surface area (Å²) < 4.78 is 0. The van der Waals surface area contributed by atoms with Gasteiger partial charge in [0.2, 0.25) is 5.91 Å². The molecule has 2 aromatic rings. The molecule has 3 rings (SSSR count). The molecule has 1 heterocycles. The summed E-state index contributed by atoms with van der Waals surface area (Å²) in [5, 5.41) is 5.46. The van der Waals surface area contributed by atoms with Crippen molar-refractivity contribution in [2.24, 2.45) is 4.99 Å². The predicted octanol–water partition coefficient (Wildman–Crippen LogP) is 2.83. The molecule has 1 amide bonds. The molecule has 0 aromatic heterocycles. The molecular formula is C20H25N3O. The van der Waals surface area contributed by atoms with Crippen molar-refractivity contribution in [2.45, 2.75) is 25.3 Å². The van der Waals surface area contributed by atoms with Gasteiger partial charge in [0, 0.05) is 12.3 Å². The van der Waals surface area contributed by atoms with E-state index in [4.69, 9.17) is 0 Å². The summed E-state index contributed by atoms with van der Waals surface area (Å²) in [7, 11) is 4.08. The second-order valence-electron chi connectivity index (χ2n) is 6.71. The van der Waals surface area contributed by atoms with Crippen LogP contribution >= 0.6 is 0 Å². The molecule has 1 aliphatic heterocycles. The molecule has 4 heteroatoms. The summed E-state index contributed by atoms with van der Waals surface area (Å²) in [5.41, 5.74) is 2.24. The maximum Gasteiger partial charge on any atom is 0.245 e. The smallest absolute Gasteiger partial charge is 0.245 e. The first-order chi connectivity index (χ1) is 11.6. The SMILES string of the molecule is CC1=NC(C(=O)NCCCN(C)C)C1c1cccc2ccccc12. The van der Waals surface area contributed by atoms with E-state index in [1.807, 2.05) is 33.2 Å². The van der Waals surface area contributed by atoms with Crippen LogP contribution in [0.2, 0.25) is 0 Å².